The van der Waals surface area contributed by atoms with E-state index in [1.54, 1.807) is 6.20 Å². The van der Waals surface area contributed by atoms with Crippen LogP contribution < -0.4 is 0 Å². The number of pyridine rings is 1. The Morgan fingerprint density at radius 3 is 2.45 bits per heavy atom. The first-order valence-electron chi connectivity index (χ1n) is 6.54. The fraction of sp³-hybridized carbons (Fsp3) is 0.500. The lowest BCUT2D eigenvalue weighted by Gasteiger charge is -2.32. The minimum atomic E-state index is -0.544. The first-order valence-corrected chi connectivity index (χ1v) is 7.33. The molecule has 1 aliphatic rings. The van der Waals surface area contributed by atoms with Gasteiger partial charge in [0.2, 0.25) is 0 Å². The molecule has 0 aliphatic carbocycles. The summed E-state index contributed by atoms with van der Waals surface area (Å²) < 4.78 is 12.6. The quantitative estimate of drug-likeness (QED) is 0.679. The third-order valence-electron chi connectivity index (χ3n) is 3.87. The molecule has 0 aromatic carbocycles. The van der Waals surface area contributed by atoms with E-state index in [0.29, 0.717) is 5.47 Å². The van der Waals surface area contributed by atoms with Crippen molar-refractivity contribution in [1.82, 2.24) is 4.98 Å². The Morgan fingerprint density at radius 1 is 1.35 bits per heavy atom. The number of aliphatic hydroxyl groups excluding tert-OH is 1. The molecule has 0 atom stereocenters. The van der Waals surface area contributed by atoms with Gasteiger partial charge in [0.25, 0.3) is 0 Å². The van der Waals surface area contributed by atoms with E-state index in [0.717, 1.165) is 10.2 Å². The summed E-state index contributed by atoms with van der Waals surface area (Å²) in [5.41, 5.74) is 0.722. The molecule has 0 amide bonds. The standard InChI is InChI=1S/C14H19BBrNO3/c1-13(2)14(3,4)20-15(19-13)11(9-18)8-10-6-5-7-17-12(10)16/h5-8,18H,9H2,1-4H3. The highest BCUT2D eigenvalue weighted by Gasteiger charge is 2.52. The summed E-state index contributed by atoms with van der Waals surface area (Å²) in [6, 6.07) is 3.76. The Labute approximate surface area is 128 Å². The average molecular weight is 340 g/mol. The first kappa shape index (κ1) is 15.7. The molecule has 1 aromatic heterocycles. The van der Waals surface area contributed by atoms with Crippen molar-refractivity contribution in [3.8, 4) is 0 Å². The monoisotopic (exact) mass is 339 g/mol. The number of rotatable bonds is 3. The minimum absolute atomic E-state index is 0.127. The normalized spacial score (nSPS) is 21.3. The van der Waals surface area contributed by atoms with Gasteiger partial charge in [-0.25, -0.2) is 4.98 Å². The van der Waals surface area contributed by atoms with Crippen LogP contribution in [0.1, 0.15) is 33.3 Å². The maximum atomic E-state index is 9.62. The molecule has 0 unspecified atom stereocenters. The van der Waals surface area contributed by atoms with Gasteiger partial charge in [0.05, 0.1) is 17.8 Å². The van der Waals surface area contributed by atoms with Crippen molar-refractivity contribution < 1.29 is 14.4 Å². The van der Waals surface area contributed by atoms with E-state index in [1.165, 1.54) is 0 Å². The molecule has 2 rings (SSSR count). The molecule has 6 heteroatoms. The van der Waals surface area contributed by atoms with Gasteiger partial charge in [-0.05, 0) is 55.2 Å². The van der Waals surface area contributed by atoms with E-state index in [9.17, 15) is 5.11 Å². The van der Waals surface area contributed by atoms with E-state index < -0.39 is 18.3 Å². The van der Waals surface area contributed by atoms with Crippen molar-refractivity contribution in [3.05, 3.63) is 34.0 Å². The Morgan fingerprint density at radius 2 is 1.95 bits per heavy atom. The molecule has 0 bridgehead atoms. The zero-order chi connectivity index (χ0) is 15.0. The molecule has 1 aromatic rings. The lowest BCUT2D eigenvalue weighted by molar-refractivity contribution is 0.00578. The van der Waals surface area contributed by atoms with Crippen molar-refractivity contribution >= 4 is 29.1 Å². The van der Waals surface area contributed by atoms with Gasteiger partial charge in [-0.3, -0.25) is 0 Å². The molecule has 1 saturated heterocycles. The summed E-state index contributed by atoms with van der Waals surface area (Å²) in [6.07, 6.45) is 3.55. The summed E-state index contributed by atoms with van der Waals surface area (Å²) in [4.78, 5) is 4.16. The number of aliphatic hydroxyl groups is 1. The van der Waals surface area contributed by atoms with E-state index in [4.69, 9.17) is 9.31 Å². The third-order valence-corrected chi connectivity index (χ3v) is 4.53. The first-order chi connectivity index (χ1) is 9.27. The van der Waals surface area contributed by atoms with E-state index in [-0.39, 0.29) is 6.61 Å². The summed E-state index contributed by atoms with van der Waals surface area (Å²) in [7, 11) is -0.544. The average Bonchev–Trinajstić information content (AvgIpc) is 2.57. The topological polar surface area (TPSA) is 51.6 Å². The number of aromatic nitrogens is 1. The molecule has 1 aliphatic heterocycles. The second-order valence-electron chi connectivity index (χ2n) is 5.85. The van der Waals surface area contributed by atoms with Crippen LogP contribution in [-0.2, 0) is 9.31 Å². The van der Waals surface area contributed by atoms with Crippen LogP contribution in [0.2, 0.25) is 0 Å². The molecular formula is C14H19BBrNO3. The lowest BCUT2D eigenvalue weighted by Crippen LogP contribution is -2.41. The van der Waals surface area contributed by atoms with Crippen LogP contribution in [0, 0.1) is 0 Å². The summed E-state index contributed by atoms with van der Waals surface area (Å²) in [6.45, 7) is 7.83. The SMILES string of the molecule is CC1(C)OB(C(=Cc2cccnc2Br)CO)OC1(C)C. The molecule has 1 fully saturated rings. The van der Waals surface area contributed by atoms with Crippen molar-refractivity contribution in [3.63, 3.8) is 0 Å². The van der Waals surface area contributed by atoms with E-state index >= 15 is 0 Å². The highest BCUT2D eigenvalue weighted by atomic mass is 79.9. The molecule has 2 heterocycles. The molecular weight excluding hydrogens is 321 g/mol. The lowest BCUT2D eigenvalue weighted by atomic mass is 9.77. The Hall–Kier alpha value is -0.685. The smallest absolute Gasteiger partial charge is 0.400 e. The van der Waals surface area contributed by atoms with Gasteiger partial charge < -0.3 is 14.4 Å². The number of halogens is 1. The van der Waals surface area contributed by atoms with Gasteiger partial charge in [0.1, 0.15) is 4.60 Å². The Balaban J connectivity index is 2.29. The van der Waals surface area contributed by atoms with Crippen molar-refractivity contribution in [1.29, 1.82) is 0 Å². The number of hydrogen-bond acceptors (Lipinski definition) is 4. The van der Waals surface area contributed by atoms with E-state index in [1.807, 2.05) is 45.9 Å². The third kappa shape index (κ3) is 2.98. The number of nitrogens with zero attached hydrogens (tertiary/aromatic N) is 1. The van der Waals surface area contributed by atoms with Gasteiger partial charge in [-0.15, -0.1) is 0 Å². The molecule has 108 valence electrons. The Bertz CT molecular complexity index is 515. The fourth-order valence-electron chi connectivity index (χ4n) is 1.89. The van der Waals surface area contributed by atoms with Gasteiger partial charge in [-0.1, -0.05) is 12.1 Å². The molecule has 20 heavy (non-hydrogen) atoms. The number of hydrogen-bond donors (Lipinski definition) is 1. The fourth-order valence-corrected chi connectivity index (χ4v) is 2.25. The summed E-state index contributed by atoms with van der Waals surface area (Å²) in [5, 5.41) is 9.62. The summed E-state index contributed by atoms with van der Waals surface area (Å²) >= 11 is 3.39. The minimum Gasteiger partial charge on any atom is -0.400 e. The van der Waals surface area contributed by atoms with Gasteiger partial charge in [-0.2, -0.15) is 0 Å². The predicted molar refractivity (Wildman–Crippen MR) is 83.1 cm³/mol. The zero-order valence-electron chi connectivity index (χ0n) is 12.2. The predicted octanol–water partition coefficient (Wildman–Crippen LogP) is 2.85. The van der Waals surface area contributed by atoms with Gasteiger partial charge in [0.15, 0.2) is 0 Å². The highest BCUT2D eigenvalue weighted by Crippen LogP contribution is 2.38. The van der Waals surface area contributed by atoms with Crippen molar-refractivity contribution in [2.75, 3.05) is 6.61 Å². The van der Waals surface area contributed by atoms with Gasteiger partial charge in [0, 0.05) is 11.8 Å². The zero-order valence-corrected chi connectivity index (χ0v) is 13.8. The molecule has 0 spiro atoms. The maximum absolute atomic E-state index is 9.62. The second kappa shape index (κ2) is 5.60. The van der Waals surface area contributed by atoms with Crippen LogP contribution in [0.15, 0.2) is 28.4 Å². The maximum Gasteiger partial charge on any atom is 0.492 e. The molecule has 4 nitrogen and oxygen atoms in total. The van der Waals surface area contributed by atoms with Crippen LogP contribution in [0.4, 0.5) is 0 Å². The molecule has 0 saturated carbocycles. The largest absolute Gasteiger partial charge is 0.492 e. The van der Waals surface area contributed by atoms with Crippen LogP contribution in [0.3, 0.4) is 0 Å². The summed E-state index contributed by atoms with van der Waals surface area (Å²) in [5.74, 6) is 0. The Kier molecular flexibility index (Phi) is 4.40. The van der Waals surface area contributed by atoms with Crippen LogP contribution in [0.5, 0.6) is 0 Å². The highest BCUT2D eigenvalue weighted by molar-refractivity contribution is 9.10. The molecule has 0 radical (unpaired) electrons. The van der Waals surface area contributed by atoms with Gasteiger partial charge >= 0.3 is 7.12 Å². The van der Waals surface area contributed by atoms with Crippen LogP contribution in [-0.4, -0.2) is 35.0 Å². The van der Waals surface area contributed by atoms with E-state index in [2.05, 4.69) is 20.9 Å². The molecule has 1 N–H and O–H groups in total. The van der Waals surface area contributed by atoms with Crippen LogP contribution >= 0.6 is 15.9 Å². The van der Waals surface area contributed by atoms with Crippen LogP contribution in [0.25, 0.3) is 6.08 Å². The van der Waals surface area contributed by atoms with Crippen molar-refractivity contribution in [2.24, 2.45) is 0 Å². The van der Waals surface area contributed by atoms with Crippen molar-refractivity contribution in [2.45, 2.75) is 38.9 Å². The second-order valence-corrected chi connectivity index (χ2v) is 6.60.